The Morgan fingerprint density at radius 2 is 2.03 bits per heavy atom. The molecule has 0 radical (unpaired) electrons. The SMILES string of the molecule is CNC(=O)c1nnc(NC(=O)OC)cc1Nc1cccc(-c2noc(CN3CCOC3=O)n2)c1OC. The molecule has 0 aliphatic carbocycles. The monoisotopic (exact) mass is 498 g/mol. The molecule has 3 amide bonds. The number of rotatable bonds is 8. The van der Waals surface area contributed by atoms with Crippen molar-refractivity contribution in [2.75, 3.05) is 45.1 Å². The molecule has 1 saturated heterocycles. The lowest BCUT2D eigenvalue weighted by atomic mass is 10.1. The fourth-order valence-electron chi connectivity index (χ4n) is 3.33. The highest BCUT2D eigenvalue weighted by Gasteiger charge is 2.25. The standard InChI is InChI=1S/C21H22N8O7/c1-22-19(30)16-13(9-14(26-27-16)24-20(31)34-3)23-12-6-4-5-11(17(12)33-2)18-25-15(36-28-18)10-29-7-8-35-21(29)32/h4-6,9H,7-8,10H2,1-3H3,(H,22,30)(H2,23,24,26,31). The first-order valence-corrected chi connectivity index (χ1v) is 10.6. The molecule has 1 fully saturated rings. The van der Waals surface area contributed by atoms with Crippen LogP contribution in [0.2, 0.25) is 0 Å². The number of cyclic esters (lactones) is 1. The highest BCUT2D eigenvalue weighted by atomic mass is 16.6. The van der Waals surface area contributed by atoms with E-state index in [-0.39, 0.29) is 35.5 Å². The first kappa shape index (κ1) is 24.2. The van der Waals surface area contributed by atoms with Crippen LogP contribution in [-0.2, 0) is 16.0 Å². The fourth-order valence-corrected chi connectivity index (χ4v) is 3.33. The third-order valence-electron chi connectivity index (χ3n) is 5.02. The number of ether oxygens (including phenoxy) is 3. The third kappa shape index (κ3) is 5.08. The van der Waals surface area contributed by atoms with Crippen molar-refractivity contribution in [2.24, 2.45) is 0 Å². The molecule has 15 nitrogen and oxygen atoms in total. The van der Waals surface area contributed by atoms with E-state index in [9.17, 15) is 14.4 Å². The minimum absolute atomic E-state index is 0.0280. The maximum absolute atomic E-state index is 12.4. The molecule has 3 N–H and O–H groups in total. The molecule has 36 heavy (non-hydrogen) atoms. The molecule has 2 aromatic heterocycles. The van der Waals surface area contributed by atoms with Crippen molar-refractivity contribution in [3.63, 3.8) is 0 Å². The second kappa shape index (κ2) is 10.5. The molecule has 1 aromatic carbocycles. The molecule has 0 spiro atoms. The zero-order valence-corrected chi connectivity index (χ0v) is 19.5. The predicted molar refractivity (Wildman–Crippen MR) is 123 cm³/mol. The second-order valence-corrected chi connectivity index (χ2v) is 7.25. The van der Waals surface area contributed by atoms with Crippen molar-refractivity contribution < 1.29 is 33.1 Å². The molecule has 4 rings (SSSR count). The lowest BCUT2D eigenvalue weighted by Crippen LogP contribution is -2.23. The lowest BCUT2D eigenvalue weighted by Gasteiger charge is -2.15. The number of aromatic nitrogens is 4. The van der Waals surface area contributed by atoms with Gasteiger partial charge in [0.1, 0.15) is 13.2 Å². The van der Waals surface area contributed by atoms with Crippen LogP contribution < -0.4 is 20.7 Å². The number of para-hydroxylation sites is 1. The summed E-state index contributed by atoms with van der Waals surface area (Å²) in [6.45, 7) is 0.847. The van der Waals surface area contributed by atoms with Crippen LogP contribution in [0.25, 0.3) is 11.4 Å². The Labute approximate surface area is 204 Å². The first-order valence-electron chi connectivity index (χ1n) is 10.6. The van der Waals surface area contributed by atoms with E-state index in [0.29, 0.717) is 30.2 Å². The van der Waals surface area contributed by atoms with E-state index in [1.165, 1.54) is 32.2 Å². The Morgan fingerprint density at radius 1 is 1.19 bits per heavy atom. The highest BCUT2D eigenvalue weighted by molar-refractivity contribution is 5.99. The molecule has 188 valence electrons. The summed E-state index contributed by atoms with van der Waals surface area (Å²) in [5.74, 6) is 0.337. The van der Waals surface area contributed by atoms with E-state index < -0.39 is 18.1 Å². The summed E-state index contributed by atoms with van der Waals surface area (Å²) in [5, 5.41) is 19.7. The number of anilines is 3. The van der Waals surface area contributed by atoms with Gasteiger partial charge in [-0.15, -0.1) is 10.2 Å². The minimum atomic E-state index is -0.752. The van der Waals surface area contributed by atoms with Crippen LogP contribution in [0.3, 0.4) is 0 Å². The zero-order valence-electron chi connectivity index (χ0n) is 19.5. The average molecular weight is 498 g/mol. The largest absolute Gasteiger partial charge is 0.494 e. The molecule has 1 aliphatic heterocycles. The number of nitrogens with one attached hydrogen (secondary N) is 3. The van der Waals surface area contributed by atoms with Gasteiger partial charge >= 0.3 is 12.2 Å². The van der Waals surface area contributed by atoms with Gasteiger partial charge in [-0.2, -0.15) is 4.98 Å². The lowest BCUT2D eigenvalue weighted by molar-refractivity contribution is 0.0958. The summed E-state index contributed by atoms with van der Waals surface area (Å²) in [7, 11) is 4.11. The quantitative estimate of drug-likeness (QED) is 0.410. The summed E-state index contributed by atoms with van der Waals surface area (Å²) in [5.41, 5.74) is 1.12. The maximum Gasteiger partial charge on any atom is 0.412 e. The molecule has 15 heteroatoms. The van der Waals surface area contributed by atoms with Gasteiger partial charge in [-0.25, -0.2) is 9.59 Å². The topological polar surface area (TPSA) is 183 Å². The summed E-state index contributed by atoms with van der Waals surface area (Å²) >= 11 is 0. The zero-order chi connectivity index (χ0) is 25.7. The van der Waals surface area contributed by atoms with Crippen LogP contribution in [-0.4, -0.2) is 77.8 Å². The molecular weight excluding hydrogens is 476 g/mol. The first-order chi connectivity index (χ1) is 17.4. The molecular formula is C21H22N8O7. The van der Waals surface area contributed by atoms with Gasteiger partial charge < -0.3 is 29.4 Å². The minimum Gasteiger partial charge on any atom is -0.494 e. The van der Waals surface area contributed by atoms with Crippen LogP contribution in [0.15, 0.2) is 28.8 Å². The van der Waals surface area contributed by atoms with Crippen molar-refractivity contribution in [3.8, 4) is 17.1 Å². The number of hydrogen-bond donors (Lipinski definition) is 3. The van der Waals surface area contributed by atoms with Gasteiger partial charge in [0.15, 0.2) is 17.3 Å². The summed E-state index contributed by atoms with van der Waals surface area (Å²) in [4.78, 5) is 41.4. The summed E-state index contributed by atoms with van der Waals surface area (Å²) in [6.07, 6.45) is -1.20. The van der Waals surface area contributed by atoms with Gasteiger partial charge in [0.25, 0.3) is 5.91 Å². The molecule has 1 aliphatic rings. The van der Waals surface area contributed by atoms with Crippen LogP contribution in [0.1, 0.15) is 16.4 Å². The Hall–Kier alpha value is -4.95. The molecule has 3 heterocycles. The van der Waals surface area contributed by atoms with Gasteiger partial charge in [0.05, 0.1) is 37.7 Å². The highest BCUT2D eigenvalue weighted by Crippen LogP contribution is 2.37. The number of amides is 3. The van der Waals surface area contributed by atoms with Gasteiger partial charge in [-0.05, 0) is 12.1 Å². The maximum atomic E-state index is 12.4. The molecule has 3 aromatic rings. The van der Waals surface area contributed by atoms with Crippen LogP contribution in [0, 0.1) is 0 Å². The van der Waals surface area contributed by atoms with Crippen molar-refractivity contribution >= 4 is 35.3 Å². The smallest absolute Gasteiger partial charge is 0.412 e. The van der Waals surface area contributed by atoms with Crippen molar-refractivity contribution in [1.82, 2.24) is 30.6 Å². The van der Waals surface area contributed by atoms with Crippen LogP contribution >= 0.6 is 0 Å². The van der Waals surface area contributed by atoms with Crippen LogP contribution in [0.4, 0.5) is 26.8 Å². The number of hydrogen-bond acceptors (Lipinski definition) is 12. The van der Waals surface area contributed by atoms with Crippen molar-refractivity contribution in [1.29, 1.82) is 0 Å². The second-order valence-electron chi connectivity index (χ2n) is 7.25. The van der Waals surface area contributed by atoms with E-state index in [0.717, 1.165) is 0 Å². The van der Waals surface area contributed by atoms with Gasteiger partial charge in [-0.1, -0.05) is 11.2 Å². The Kier molecular flexibility index (Phi) is 7.08. The normalized spacial score (nSPS) is 12.6. The Morgan fingerprint density at radius 3 is 2.72 bits per heavy atom. The fraction of sp³-hybridized carbons (Fsp3) is 0.286. The van der Waals surface area contributed by atoms with E-state index in [1.54, 1.807) is 18.2 Å². The van der Waals surface area contributed by atoms with Crippen LogP contribution in [0.5, 0.6) is 5.75 Å². The van der Waals surface area contributed by atoms with Crippen molar-refractivity contribution in [2.45, 2.75) is 6.54 Å². The van der Waals surface area contributed by atoms with Crippen molar-refractivity contribution in [3.05, 3.63) is 35.9 Å². The van der Waals surface area contributed by atoms with Gasteiger partial charge in [0.2, 0.25) is 11.7 Å². The molecule has 0 unspecified atom stereocenters. The number of carbonyl (C=O) groups excluding carboxylic acids is 3. The predicted octanol–water partition coefficient (Wildman–Crippen LogP) is 1.77. The Balaban J connectivity index is 1.65. The summed E-state index contributed by atoms with van der Waals surface area (Å²) in [6, 6.07) is 6.56. The molecule has 0 atom stereocenters. The molecule has 0 bridgehead atoms. The van der Waals surface area contributed by atoms with E-state index in [2.05, 4.69) is 41.0 Å². The number of benzene rings is 1. The van der Waals surface area contributed by atoms with E-state index in [1.807, 2.05) is 0 Å². The third-order valence-corrected chi connectivity index (χ3v) is 5.02. The average Bonchev–Trinajstić information content (AvgIpc) is 3.52. The van der Waals surface area contributed by atoms with E-state index >= 15 is 0 Å². The van der Waals surface area contributed by atoms with Gasteiger partial charge in [-0.3, -0.25) is 15.0 Å². The Bertz CT molecular complexity index is 1300. The number of methoxy groups -OCH3 is 2. The number of nitrogens with zero attached hydrogens (tertiary/aromatic N) is 5. The summed E-state index contributed by atoms with van der Waals surface area (Å²) < 4.78 is 20.4. The van der Waals surface area contributed by atoms with Gasteiger partial charge in [0, 0.05) is 13.1 Å². The number of carbonyl (C=O) groups is 3. The van der Waals surface area contributed by atoms with E-state index in [4.69, 9.17) is 14.0 Å². The molecule has 0 saturated carbocycles.